The number of rotatable bonds is 3. The summed E-state index contributed by atoms with van der Waals surface area (Å²) in [5.74, 6) is -2.20. The van der Waals surface area contributed by atoms with Crippen LogP contribution in [0.1, 0.15) is 5.56 Å². The van der Waals surface area contributed by atoms with Crippen molar-refractivity contribution in [3.05, 3.63) is 53.9 Å². The van der Waals surface area contributed by atoms with Crippen LogP contribution >= 0.6 is 0 Å². The van der Waals surface area contributed by atoms with E-state index in [1.165, 1.54) is 6.07 Å². The summed E-state index contributed by atoms with van der Waals surface area (Å²) in [6.07, 6.45) is 3.59. The maximum Gasteiger partial charge on any atom is 0.228 e. The highest BCUT2D eigenvalue weighted by molar-refractivity contribution is 5.92. The number of anilines is 1. The van der Waals surface area contributed by atoms with Gasteiger partial charge in [-0.2, -0.15) is 0 Å². The highest BCUT2D eigenvalue weighted by Crippen LogP contribution is 2.13. The average molecular weight is 236 g/mol. The lowest BCUT2D eigenvalue weighted by Crippen LogP contribution is -2.14. The molecule has 2 aromatic rings. The molecule has 0 atom stereocenters. The van der Waals surface area contributed by atoms with Gasteiger partial charge >= 0.3 is 0 Å². The molecule has 1 aromatic heterocycles. The first-order valence-corrected chi connectivity index (χ1v) is 5.02. The summed E-state index contributed by atoms with van der Waals surface area (Å²) in [4.78, 5) is 14.4. The molecule has 0 aliphatic carbocycles. The van der Waals surface area contributed by atoms with Gasteiger partial charge in [0, 0.05) is 24.1 Å². The lowest BCUT2D eigenvalue weighted by molar-refractivity contribution is -0.115. The van der Waals surface area contributed by atoms with E-state index < -0.39 is 11.6 Å². The van der Waals surface area contributed by atoms with Crippen molar-refractivity contribution in [2.24, 2.45) is 0 Å². The first-order valence-electron chi connectivity index (χ1n) is 5.02. The van der Waals surface area contributed by atoms with Crippen molar-refractivity contribution < 1.29 is 13.6 Å². The molecular formula is C12H10F2N2O. The lowest BCUT2D eigenvalue weighted by Gasteiger charge is -2.04. The van der Waals surface area contributed by atoms with Crippen LogP contribution in [0.3, 0.4) is 0 Å². The van der Waals surface area contributed by atoms with Gasteiger partial charge in [0.2, 0.25) is 5.91 Å². The minimum absolute atomic E-state index is 0.183. The maximum absolute atomic E-state index is 12.9. The molecule has 3 nitrogen and oxygen atoms in total. The van der Waals surface area contributed by atoms with Gasteiger partial charge in [0.25, 0.3) is 0 Å². The smallest absolute Gasteiger partial charge is 0.228 e. The van der Waals surface area contributed by atoms with E-state index in [9.17, 15) is 13.6 Å². The SMILES string of the molecule is O=C(Cc1cc[nH]c1)Nc1ccc(F)c(F)c1. The molecule has 0 saturated carbocycles. The second kappa shape index (κ2) is 4.78. The first kappa shape index (κ1) is 11.3. The monoisotopic (exact) mass is 236 g/mol. The summed E-state index contributed by atoms with van der Waals surface area (Å²) < 4.78 is 25.5. The van der Waals surface area contributed by atoms with Gasteiger partial charge in [-0.1, -0.05) is 0 Å². The molecule has 1 aromatic carbocycles. The summed E-state index contributed by atoms with van der Waals surface area (Å²) in [5, 5.41) is 2.49. The molecule has 2 N–H and O–H groups in total. The maximum atomic E-state index is 12.9. The number of benzene rings is 1. The van der Waals surface area contributed by atoms with Crippen LogP contribution in [0.5, 0.6) is 0 Å². The Morgan fingerprint density at radius 3 is 2.71 bits per heavy atom. The minimum atomic E-state index is -0.982. The number of carbonyl (C=O) groups is 1. The first-order chi connectivity index (χ1) is 8.15. The van der Waals surface area contributed by atoms with E-state index in [1.54, 1.807) is 18.5 Å². The molecule has 0 unspecified atom stereocenters. The Kier molecular flexibility index (Phi) is 3.18. The van der Waals surface area contributed by atoms with Crippen LogP contribution in [0.2, 0.25) is 0 Å². The average Bonchev–Trinajstić information content (AvgIpc) is 2.76. The van der Waals surface area contributed by atoms with Gasteiger partial charge in [0.1, 0.15) is 0 Å². The van der Waals surface area contributed by atoms with E-state index >= 15 is 0 Å². The third-order valence-electron chi connectivity index (χ3n) is 2.23. The minimum Gasteiger partial charge on any atom is -0.367 e. The van der Waals surface area contributed by atoms with Crippen LogP contribution in [0.4, 0.5) is 14.5 Å². The van der Waals surface area contributed by atoms with Crippen molar-refractivity contribution in [2.75, 3.05) is 5.32 Å². The molecule has 5 heteroatoms. The third kappa shape index (κ3) is 2.90. The molecule has 0 spiro atoms. The highest BCUT2D eigenvalue weighted by Gasteiger charge is 2.07. The number of hydrogen-bond donors (Lipinski definition) is 2. The van der Waals surface area contributed by atoms with Crippen LogP contribution in [0.25, 0.3) is 0 Å². The van der Waals surface area contributed by atoms with E-state index in [0.29, 0.717) is 0 Å². The van der Waals surface area contributed by atoms with Gasteiger partial charge < -0.3 is 10.3 Å². The highest BCUT2D eigenvalue weighted by atomic mass is 19.2. The normalized spacial score (nSPS) is 10.2. The number of carbonyl (C=O) groups excluding carboxylic acids is 1. The number of hydrogen-bond acceptors (Lipinski definition) is 1. The van der Waals surface area contributed by atoms with Gasteiger partial charge in [-0.3, -0.25) is 4.79 Å². The Labute approximate surface area is 96.5 Å². The second-order valence-corrected chi connectivity index (χ2v) is 3.57. The van der Waals surface area contributed by atoms with Crippen molar-refractivity contribution in [2.45, 2.75) is 6.42 Å². The molecule has 88 valence electrons. The zero-order valence-electron chi connectivity index (χ0n) is 8.84. The number of H-pyrrole nitrogens is 1. The molecule has 17 heavy (non-hydrogen) atoms. The van der Waals surface area contributed by atoms with Gasteiger partial charge in [-0.15, -0.1) is 0 Å². The fourth-order valence-corrected chi connectivity index (χ4v) is 1.43. The zero-order valence-corrected chi connectivity index (χ0v) is 8.84. The number of aromatic nitrogens is 1. The van der Waals surface area contributed by atoms with Crippen molar-refractivity contribution in [1.82, 2.24) is 4.98 Å². The van der Waals surface area contributed by atoms with Crippen LogP contribution in [0, 0.1) is 11.6 Å². The fraction of sp³-hybridized carbons (Fsp3) is 0.0833. The fourth-order valence-electron chi connectivity index (χ4n) is 1.43. The van der Waals surface area contributed by atoms with Gasteiger partial charge in [0.05, 0.1) is 6.42 Å². The lowest BCUT2D eigenvalue weighted by atomic mass is 10.2. The van der Waals surface area contributed by atoms with E-state index in [1.807, 2.05) is 0 Å². The van der Waals surface area contributed by atoms with E-state index in [2.05, 4.69) is 10.3 Å². The van der Waals surface area contributed by atoms with Crippen LogP contribution in [0.15, 0.2) is 36.7 Å². The van der Waals surface area contributed by atoms with E-state index in [4.69, 9.17) is 0 Å². The van der Waals surface area contributed by atoms with E-state index in [-0.39, 0.29) is 18.0 Å². The van der Waals surface area contributed by atoms with Gasteiger partial charge in [0.15, 0.2) is 11.6 Å². The number of amides is 1. The third-order valence-corrected chi connectivity index (χ3v) is 2.23. The molecule has 0 aliphatic rings. The molecular weight excluding hydrogens is 226 g/mol. The predicted octanol–water partition coefficient (Wildman–Crippen LogP) is 2.47. The molecule has 1 amide bonds. The van der Waals surface area contributed by atoms with Crippen molar-refractivity contribution in [3.8, 4) is 0 Å². The van der Waals surface area contributed by atoms with Crippen LogP contribution < -0.4 is 5.32 Å². The van der Waals surface area contributed by atoms with Gasteiger partial charge in [-0.25, -0.2) is 8.78 Å². The molecule has 2 rings (SSSR count). The second-order valence-electron chi connectivity index (χ2n) is 3.57. The Morgan fingerprint density at radius 2 is 2.06 bits per heavy atom. The Morgan fingerprint density at radius 1 is 1.24 bits per heavy atom. The summed E-state index contributed by atoms with van der Waals surface area (Å²) in [7, 11) is 0. The summed E-state index contributed by atoms with van der Waals surface area (Å²) in [5.41, 5.74) is 1.06. The van der Waals surface area contributed by atoms with Crippen molar-refractivity contribution in [1.29, 1.82) is 0 Å². The Bertz CT molecular complexity index is 523. The quantitative estimate of drug-likeness (QED) is 0.844. The number of aromatic amines is 1. The summed E-state index contributed by atoms with van der Waals surface area (Å²) in [6, 6.07) is 5.00. The summed E-state index contributed by atoms with van der Waals surface area (Å²) >= 11 is 0. The Balaban J connectivity index is 2.00. The van der Waals surface area contributed by atoms with Crippen LogP contribution in [-0.2, 0) is 11.2 Å². The molecule has 0 bridgehead atoms. The molecule has 0 fully saturated rings. The zero-order chi connectivity index (χ0) is 12.3. The largest absolute Gasteiger partial charge is 0.367 e. The number of halogens is 2. The van der Waals surface area contributed by atoms with Crippen molar-refractivity contribution >= 4 is 11.6 Å². The topological polar surface area (TPSA) is 44.9 Å². The molecule has 0 radical (unpaired) electrons. The molecule has 0 aliphatic heterocycles. The van der Waals surface area contributed by atoms with Crippen LogP contribution in [-0.4, -0.2) is 10.9 Å². The standard InChI is InChI=1S/C12H10F2N2O/c13-10-2-1-9(6-11(10)14)16-12(17)5-8-3-4-15-7-8/h1-4,6-7,15H,5H2,(H,16,17). The van der Waals surface area contributed by atoms with Crippen molar-refractivity contribution in [3.63, 3.8) is 0 Å². The van der Waals surface area contributed by atoms with E-state index in [0.717, 1.165) is 17.7 Å². The molecule has 1 heterocycles. The van der Waals surface area contributed by atoms with Gasteiger partial charge in [-0.05, 0) is 23.8 Å². The summed E-state index contributed by atoms with van der Waals surface area (Å²) in [6.45, 7) is 0. The number of nitrogens with one attached hydrogen (secondary N) is 2. The molecule has 0 saturated heterocycles. The predicted molar refractivity (Wildman–Crippen MR) is 59.5 cm³/mol. The Hall–Kier alpha value is -2.17.